The van der Waals surface area contributed by atoms with Gasteiger partial charge in [-0.1, -0.05) is 18.9 Å². The van der Waals surface area contributed by atoms with E-state index in [4.69, 9.17) is 4.74 Å². The van der Waals surface area contributed by atoms with Crippen molar-refractivity contribution in [2.75, 3.05) is 18.5 Å². The predicted octanol–water partition coefficient (Wildman–Crippen LogP) is 2.80. The second-order valence-corrected chi connectivity index (χ2v) is 5.76. The van der Waals surface area contributed by atoms with Gasteiger partial charge < -0.3 is 15.4 Å². The maximum atomic E-state index is 12.5. The first-order chi connectivity index (χ1) is 9.75. The number of hydrogen-bond donors (Lipinski definition) is 2. The van der Waals surface area contributed by atoms with E-state index in [1.165, 1.54) is 25.7 Å². The summed E-state index contributed by atoms with van der Waals surface area (Å²) in [6.45, 7) is 3.51. The molecule has 3 rings (SSSR count). The van der Waals surface area contributed by atoms with Crippen LogP contribution in [0, 0.1) is 5.92 Å². The van der Waals surface area contributed by atoms with Crippen molar-refractivity contribution in [1.29, 1.82) is 0 Å². The van der Waals surface area contributed by atoms with E-state index in [0.717, 1.165) is 12.2 Å². The molecule has 2 N–H and O–H groups in total. The molecule has 0 spiro atoms. The maximum absolute atomic E-state index is 12.5. The van der Waals surface area contributed by atoms with Gasteiger partial charge in [0.15, 0.2) is 5.75 Å². The number of ether oxygens (including phenoxy) is 1. The lowest BCUT2D eigenvalue weighted by atomic mass is 9.99. The van der Waals surface area contributed by atoms with E-state index < -0.39 is 0 Å². The third-order valence-electron chi connectivity index (χ3n) is 4.39. The number of para-hydroxylation sites is 1. The summed E-state index contributed by atoms with van der Waals surface area (Å²) in [7, 11) is 0. The van der Waals surface area contributed by atoms with Gasteiger partial charge in [-0.2, -0.15) is 0 Å². The van der Waals surface area contributed by atoms with Crippen LogP contribution in [0.2, 0.25) is 0 Å². The molecule has 1 amide bonds. The SMILES string of the molecule is CC(NC(=O)c1cccc2c1OCCN2)C1CCCC1. The highest BCUT2D eigenvalue weighted by Gasteiger charge is 2.25. The molecule has 0 aromatic heterocycles. The summed E-state index contributed by atoms with van der Waals surface area (Å²) in [6.07, 6.45) is 5.04. The Bertz CT molecular complexity index is 495. The van der Waals surface area contributed by atoms with Crippen LogP contribution in [0.4, 0.5) is 5.69 Å². The Morgan fingerprint density at radius 1 is 1.40 bits per heavy atom. The molecule has 1 heterocycles. The van der Waals surface area contributed by atoms with Gasteiger partial charge in [0.1, 0.15) is 6.61 Å². The van der Waals surface area contributed by atoms with Crippen molar-refractivity contribution in [3.05, 3.63) is 23.8 Å². The molecule has 4 heteroatoms. The van der Waals surface area contributed by atoms with Crippen molar-refractivity contribution in [3.63, 3.8) is 0 Å². The zero-order chi connectivity index (χ0) is 13.9. The molecule has 1 aromatic rings. The van der Waals surface area contributed by atoms with E-state index in [1.807, 2.05) is 18.2 Å². The molecule has 1 aliphatic heterocycles. The van der Waals surface area contributed by atoms with Gasteiger partial charge >= 0.3 is 0 Å². The number of hydrogen-bond acceptors (Lipinski definition) is 3. The number of carbonyl (C=O) groups excluding carboxylic acids is 1. The first-order valence-corrected chi connectivity index (χ1v) is 7.56. The van der Waals surface area contributed by atoms with Crippen LogP contribution in [-0.2, 0) is 0 Å². The summed E-state index contributed by atoms with van der Waals surface area (Å²) in [5, 5.41) is 6.40. The van der Waals surface area contributed by atoms with Crippen molar-refractivity contribution in [3.8, 4) is 5.75 Å². The van der Waals surface area contributed by atoms with E-state index in [1.54, 1.807) is 0 Å². The Hall–Kier alpha value is -1.71. The van der Waals surface area contributed by atoms with E-state index in [0.29, 0.717) is 23.8 Å². The Balaban J connectivity index is 1.73. The molecule has 2 aliphatic rings. The summed E-state index contributed by atoms with van der Waals surface area (Å²) in [5.41, 5.74) is 1.55. The minimum atomic E-state index is -0.0232. The molecule has 0 radical (unpaired) electrons. The molecule has 1 fully saturated rings. The van der Waals surface area contributed by atoms with Crippen LogP contribution < -0.4 is 15.4 Å². The van der Waals surface area contributed by atoms with Crippen LogP contribution in [0.3, 0.4) is 0 Å². The zero-order valence-corrected chi connectivity index (χ0v) is 11.9. The molecule has 1 saturated carbocycles. The monoisotopic (exact) mass is 274 g/mol. The molecular formula is C16H22N2O2. The summed E-state index contributed by atoms with van der Waals surface area (Å²) in [6, 6.07) is 5.92. The van der Waals surface area contributed by atoms with Gasteiger partial charge in [0, 0.05) is 12.6 Å². The van der Waals surface area contributed by atoms with E-state index >= 15 is 0 Å². The molecule has 1 atom stereocenters. The number of anilines is 1. The van der Waals surface area contributed by atoms with Crippen LogP contribution in [-0.4, -0.2) is 25.1 Å². The lowest BCUT2D eigenvalue weighted by Crippen LogP contribution is -2.37. The molecule has 20 heavy (non-hydrogen) atoms. The standard InChI is InChI=1S/C16H22N2O2/c1-11(12-5-2-3-6-12)18-16(19)13-7-4-8-14-15(13)20-10-9-17-14/h4,7-8,11-12,17H,2-3,5-6,9-10H2,1H3,(H,18,19). The van der Waals surface area contributed by atoms with Gasteiger partial charge in [-0.05, 0) is 37.8 Å². The van der Waals surface area contributed by atoms with Gasteiger partial charge in [0.05, 0.1) is 11.3 Å². The van der Waals surface area contributed by atoms with Crippen molar-refractivity contribution in [1.82, 2.24) is 5.32 Å². The normalized spacial score (nSPS) is 19.6. The van der Waals surface area contributed by atoms with E-state index in [2.05, 4.69) is 17.6 Å². The molecule has 1 unspecified atom stereocenters. The Kier molecular flexibility index (Phi) is 3.81. The quantitative estimate of drug-likeness (QED) is 0.891. The van der Waals surface area contributed by atoms with E-state index in [-0.39, 0.29) is 11.9 Å². The summed E-state index contributed by atoms with van der Waals surface area (Å²) >= 11 is 0. The minimum absolute atomic E-state index is 0.0232. The summed E-state index contributed by atoms with van der Waals surface area (Å²) < 4.78 is 5.66. The van der Waals surface area contributed by atoms with Gasteiger partial charge in [-0.25, -0.2) is 0 Å². The Labute approximate surface area is 119 Å². The molecule has 108 valence electrons. The van der Waals surface area contributed by atoms with Crippen LogP contribution in [0.1, 0.15) is 43.0 Å². The van der Waals surface area contributed by atoms with E-state index in [9.17, 15) is 4.79 Å². The lowest BCUT2D eigenvalue weighted by Gasteiger charge is -2.24. The Morgan fingerprint density at radius 2 is 2.20 bits per heavy atom. The summed E-state index contributed by atoms with van der Waals surface area (Å²) in [5.74, 6) is 1.29. The second-order valence-electron chi connectivity index (χ2n) is 5.76. The fourth-order valence-electron chi connectivity index (χ4n) is 3.21. The number of fused-ring (bicyclic) bond motifs is 1. The minimum Gasteiger partial charge on any atom is -0.489 e. The van der Waals surface area contributed by atoms with Crippen LogP contribution >= 0.6 is 0 Å². The van der Waals surface area contributed by atoms with Gasteiger partial charge in [0.25, 0.3) is 5.91 Å². The number of nitrogens with one attached hydrogen (secondary N) is 2. The van der Waals surface area contributed by atoms with Crippen LogP contribution in [0.25, 0.3) is 0 Å². The topological polar surface area (TPSA) is 50.4 Å². The first-order valence-electron chi connectivity index (χ1n) is 7.56. The third-order valence-corrected chi connectivity index (χ3v) is 4.39. The largest absolute Gasteiger partial charge is 0.489 e. The molecule has 0 saturated heterocycles. The highest BCUT2D eigenvalue weighted by Crippen LogP contribution is 2.32. The van der Waals surface area contributed by atoms with Crippen molar-refractivity contribution < 1.29 is 9.53 Å². The summed E-state index contributed by atoms with van der Waals surface area (Å²) in [4.78, 5) is 12.5. The number of carbonyl (C=O) groups is 1. The average molecular weight is 274 g/mol. The fraction of sp³-hybridized carbons (Fsp3) is 0.562. The highest BCUT2D eigenvalue weighted by atomic mass is 16.5. The number of amides is 1. The average Bonchev–Trinajstić information content (AvgIpc) is 3.01. The molecular weight excluding hydrogens is 252 g/mol. The maximum Gasteiger partial charge on any atom is 0.255 e. The molecule has 4 nitrogen and oxygen atoms in total. The van der Waals surface area contributed by atoms with Crippen molar-refractivity contribution in [2.24, 2.45) is 5.92 Å². The smallest absolute Gasteiger partial charge is 0.255 e. The molecule has 0 bridgehead atoms. The highest BCUT2D eigenvalue weighted by molar-refractivity contribution is 5.99. The van der Waals surface area contributed by atoms with Crippen molar-refractivity contribution >= 4 is 11.6 Å². The van der Waals surface area contributed by atoms with Gasteiger partial charge in [0.2, 0.25) is 0 Å². The first kappa shape index (κ1) is 13.3. The van der Waals surface area contributed by atoms with Gasteiger partial charge in [-0.3, -0.25) is 4.79 Å². The fourth-order valence-corrected chi connectivity index (χ4v) is 3.21. The number of rotatable bonds is 3. The number of benzene rings is 1. The van der Waals surface area contributed by atoms with Crippen LogP contribution in [0.15, 0.2) is 18.2 Å². The zero-order valence-electron chi connectivity index (χ0n) is 11.9. The second kappa shape index (κ2) is 5.73. The van der Waals surface area contributed by atoms with Crippen LogP contribution in [0.5, 0.6) is 5.75 Å². The predicted molar refractivity (Wildman–Crippen MR) is 79.3 cm³/mol. The molecule has 1 aliphatic carbocycles. The lowest BCUT2D eigenvalue weighted by molar-refractivity contribution is 0.0923. The molecule has 1 aromatic carbocycles. The Morgan fingerprint density at radius 3 is 3.00 bits per heavy atom. The van der Waals surface area contributed by atoms with Crippen molar-refractivity contribution in [2.45, 2.75) is 38.6 Å². The third kappa shape index (κ3) is 2.60. The van der Waals surface area contributed by atoms with Gasteiger partial charge in [-0.15, -0.1) is 0 Å².